The average molecular weight is 242 g/mol. The van der Waals surface area contributed by atoms with Gasteiger partial charge in [-0.05, 0) is 24.7 Å². The van der Waals surface area contributed by atoms with Crippen molar-refractivity contribution in [3.05, 3.63) is 0 Å². The predicted molar refractivity (Wildman–Crippen MR) is 66.9 cm³/mol. The van der Waals surface area contributed by atoms with Crippen molar-refractivity contribution < 1.29 is 14.6 Å². The van der Waals surface area contributed by atoms with Gasteiger partial charge in [0.2, 0.25) is 0 Å². The first-order valence-corrected chi connectivity index (χ1v) is 6.99. The molecule has 0 aromatic heterocycles. The van der Waals surface area contributed by atoms with E-state index in [0.717, 1.165) is 31.6 Å². The van der Waals surface area contributed by atoms with E-state index in [1.165, 1.54) is 12.8 Å². The third-order valence-corrected chi connectivity index (χ3v) is 4.79. The topological polar surface area (TPSA) is 38.7 Å². The first-order valence-electron chi connectivity index (χ1n) is 6.99. The smallest absolute Gasteiger partial charge is 0.0982 e. The first-order chi connectivity index (χ1) is 8.18. The molecule has 3 nitrogen and oxygen atoms in total. The van der Waals surface area contributed by atoms with Gasteiger partial charge in [-0.2, -0.15) is 0 Å². The zero-order valence-electron chi connectivity index (χ0n) is 11.2. The van der Waals surface area contributed by atoms with Crippen molar-refractivity contribution in [1.29, 1.82) is 0 Å². The zero-order valence-corrected chi connectivity index (χ0v) is 11.2. The molecule has 1 N–H and O–H groups in total. The standard InChI is InChI=1S/C14H26O3/c1-11-3-5-12(6-4-11)13(15)14(16-2)7-9-17-10-8-14/h11-13,15H,3-10H2,1-2H3. The Morgan fingerprint density at radius 3 is 2.29 bits per heavy atom. The summed E-state index contributed by atoms with van der Waals surface area (Å²) in [4.78, 5) is 0. The number of methoxy groups -OCH3 is 1. The Labute approximate surface area is 104 Å². The molecular weight excluding hydrogens is 216 g/mol. The van der Waals surface area contributed by atoms with Crippen LogP contribution in [0, 0.1) is 11.8 Å². The highest BCUT2D eigenvalue weighted by Gasteiger charge is 2.43. The second kappa shape index (κ2) is 5.68. The van der Waals surface area contributed by atoms with Crippen molar-refractivity contribution in [1.82, 2.24) is 0 Å². The third-order valence-electron chi connectivity index (χ3n) is 4.79. The Morgan fingerprint density at radius 1 is 1.18 bits per heavy atom. The van der Waals surface area contributed by atoms with Gasteiger partial charge in [-0.15, -0.1) is 0 Å². The summed E-state index contributed by atoms with van der Waals surface area (Å²) in [5.41, 5.74) is -0.344. The molecule has 0 aromatic carbocycles. The number of hydrogen-bond donors (Lipinski definition) is 1. The molecular formula is C14H26O3. The van der Waals surface area contributed by atoms with Gasteiger partial charge < -0.3 is 14.6 Å². The van der Waals surface area contributed by atoms with Crippen LogP contribution in [-0.4, -0.2) is 37.1 Å². The van der Waals surface area contributed by atoms with E-state index in [1.807, 2.05) is 0 Å². The molecule has 1 unspecified atom stereocenters. The number of aliphatic hydroxyl groups is 1. The van der Waals surface area contributed by atoms with Crippen LogP contribution < -0.4 is 0 Å². The van der Waals surface area contributed by atoms with Crippen LogP contribution >= 0.6 is 0 Å². The minimum atomic E-state index is -0.344. The van der Waals surface area contributed by atoms with E-state index in [2.05, 4.69) is 6.92 Å². The zero-order chi connectivity index (χ0) is 12.3. The summed E-state index contributed by atoms with van der Waals surface area (Å²) in [6.07, 6.45) is 6.13. The highest BCUT2D eigenvalue weighted by Crippen LogP contribution is 2.38. The summed E-state index contributed by atoms with van der Waals surface area (Å²) in [5, 5.41) is 10.7. The summed E-state index contributed by atoms with van der Waals surface area (Å²) in [6, 6.07) is 0. The molecule has 0 radical (unpaired) electrons. The lowest BCUT2D eigenvalue weighted by atomic mass is 9.73. The summed E-state index contributed by atoms with van der Waals surface area (Å²) in [5.74, 6) is 1.25. The molecule has 1 aliphatic heterocycles. The Balaban J connectivity index is 1.98. The first kappa shape index (κ1) is 13.3. The van der Waals surface area contributed by atoms with Gasteiger partial charge in [0.15, 0.2) is 0 Å². The van der Waals surface area contributed by atoms with E-state index in [9.17, 15) is 5.11 Å². The van der Waals surface area contributed by atoms with Crippen molar-refractivity contribution in [2.75, 3.05) is 20.3 Å². The van der Waals surface area contributed by atoms with Crippen molar-refractivity contribution in [2.45, 2.75) is 57.2 Å². The van der Waals surface area contributed by atoms with Crippen LogP contribution in [0.4, 0.5) is 0 Å². The van der Waals surface area contributed by atoms with Crippen LogP contribution in [0.5, 0.6) is 0 Å². The molecule has 3 heteroatoms. The predicted octanol–water partition coefficient (Wildman–Crippen LogP) is 2.37. The molecule has 0 spiro atoms. The molecule has 2 aliphatic rings. The van der Waals surface area contributed by atoms with Gasteiger partial charge in [0.05, 0.1) is 11.7 Å². The maximum atomic E-state index is 10.7. The lowest BCUT2D eigenvalue weighted by Gasteiger charge is -2.44. The quantitative estimate of drug-likeness (QED) is 0.825. The molecule has 0 aromatic rings. The number of ether oxygens (including phenoxy) is 2. The Bertz CT molecular complexity index is 228. The lowest BCUT2D eigenvalue weighted by molar-refractivity contribution is -0.171. The fraction of sp³-hybridized carbons (Fsp3) is 1.00. The minimum absolute atomic E-state index is 0.316. The van der Waals surface area contributed by atoms with E-state index in [-0.39, 0.29) is 11.7 Å². The number of hydrogen-bond acceptors (Lipinski definition) is 3. The molecule has 1 atom stereocenters. The Morgan fingerprint density at radius 2 is 1.76 bits per heavy atom. The normalized spacial score (nSPS) is 35.5. The molecule has 100 valence electrons. The average Bonchev–Trinajstić information content (AvgIpc) is 2.39. The van der Waals surface area contributed by atoms with Gasteiger partial charge in [-0.3, -0.25) is 0 Å². The molecule has 1 heterocycles. The minimum Gasteiger partial charge on any atom is -0.390 e. The second-order valence-electron chi connectivity index (χ2n) is 5.85. The molecule has 1 saturated carbocycles. The maximum absolute atomic E-state index is 10.7. The molecule has 1 aliphatic carbocycles. The van der Waals surface area contributed by atoms with Gasteiger partial charge in [0, 0.05) is 33.2 Å². The van der Waals surface area contributed by atoms with Crippen molar-refractivity contribution in [2.24, 2.45) is 11.8 Å². The van der Waals surface area contributed by atoms with Gasteiger partial charge in [-0.1, -0.05) is 19.8 Å². The molecule has 1 saturated heterocycles. The summed E-state index contributed by atoms with van der Waals surface area (Å²) in [6.45, 7) is 3.74. The van der Waals surface area contributed by atoms with E-state index in [1.54, 1.807) is 7.11 Å². The molecule has 0 bridgehead atoms. The largest absolute Gasteiger partial charge is 0.390 e. The van der Waals surface area contributed by atoms with Gasteiger partial charge in [-0.25, -0.2) is 0 Å². The van der Waals surface area contributed by atoms with Crippen LogP contribution in [0.15, 0.2) is 0 Å². The van der Waals surface area contributed by atoms with Crippen LogP contribution in [0.3, 0.4) is 0 Å². The third kappa shape index (κ3) is 2.83. The summed E-state index contributed by atoms with van der Waals surface area (Å²) in [7, 11) is 1.74. The maximum Gasteiger partial charge on any atom is 0.0982 e. The number of aliphatic hydroxyl groups excluding tert-OH is 1. The summed E-state index contributed by atoms with van der Waals surface area (Å²) >= 11 is 0. The van der Waals surface area contributed by atoms with Gasteiger partial charge >= 0.3 is 0 Å². The van der Waals surface area contributed by atoms with Crippen LogP contribution in [0.25, 0.3) is 0 Å². The van der Waals surface area contributed by atoms with E-state index in [0.29, 0.717) is 19.1 Å². The molecule has 0 amide bonds. The lowest BCUT2D eigenvalue weighted by Crippen LogP contribution is -2.52. The molecule has 17 heavy (non-hydrogen) atoms. The highest BCUT2D eigenvalue weighted by molar-refractivity contribution is 4.94. The van der Waals surface area contributed by atoms with E-state index in [4.69, 9.17) is 9.47 Å². The molecule has 2 fully saturated rings. The highest BCUT2D eigenvalue weighted by atomic mass is 16.5. The van der Waals surface area contributed by atoms with Crippen molar-refractivity contribution >= 4 is 0 Å². The van der Waals surface area contributed by atoms with Gasteiger partial charge in [0.1, 0.15) is 0 Å². The van der Waals surface area contributed by atoms with Crippen LogP contribution in [0.1, 0.15) is 45.4 Å². The van der Waals surface area contributed by atoms with Crippen molar-refractivity contribution in [3.63, 3.8) is 0 Å². The monoisotopic (exact) mass is 242 g/mol. The Hall–Kier alpha value is -0.120. The van der Waals surface area contributed by atoms with E-state index >= 15 is 0 Å². The second-order valence-corrected chi connectivity index (χ2v) is 5.85. The van der Waals surface area contributed by atoms with E-state index < -0.39 is 0 Å². The Kier molecular flexibility index (Phi) is 4.45. The molecule has 2 rings (SSSR count). The summed E-state index contributed by atoms with van der Waals surface area (Å²) < 4.78 is 11.1. The van der Waals surface area contributed by atoms with Crippen LogP contribution in [-0.2, 0) is 9.47 Å². The SMILES string of the molecule is COC1(C(O)C2CCC(C)CC2)CCOCC1. The van der Waals surface area contributed by atoms with Crippen LogP contribution in [0.2, 0.25) is 0 Å². The fourth-order valence-corrected chi connectivity index (χ4v) is 3.37. The van der Waals surface area contributed by atoms with Crippen molar-refractivity contribution in [3.8, 4) is 0 Å². The number of rotatable bonds is 3. The van der Waals surface area contributed by atoms with Gasteiger partial charge in [0.25, 0.3) is 0 Å². The fourth-order valence-electron chi connectivity index (χ4n) is 3.37.